The van der Waals surface area contributed by atoms with Crippen LogP contribution in [0.3, 0.4) is 0 Å². The van der Waals surface area contributed by atoms with E-state index in [0.717, 1.165) is 0 Å². The second-order valence-electron chi connectivity index (χ2n) is 5.99. The topological polar surface area (TPSA) is 38.3 Å². The van der Waals surface area contributed by atoms with Crippen LogP contribution >= 0.6 is 34.8 Å². The van der Waals surface area contributed by atoms with Crippen LogP contribution in [0.4, 0.5) is 10.1 Å². The average molecular weight is 451 g/mol. The van der Waals surface area contributed by atoms with Crippen molar-refractivity contribution in [1.82, 2.24) is 0 Å². The Bertz CT molecular complexity index is 1050. The lowest BCUT2D eigenvalue weighted by molar-refractivity contribution is 0.104. The molecule has 7 heteroatoms. The van der Waals surface area contributed by atoms with Gasteiger partial charge in [-0.3, -0.25) is 4.79 Å². The number of ketones is 1. The molecule has 0 aliphatic heterocycles. The summed E-state index contributed by atoms with van der Waals surface area (Å²) in [7, 11) is 0. The number of hydrogen-bond acceptors (Lipinski definition) is 3. The van der Waals surface area contributed by atoms with E-state index in [1.54, 1.807) is 48.5 Å². The molecule has 3 nitrogen and oxygen atoms in total. The van der Waals surface area contributed by atoms with Crippen LogP contribution in [-0.2, 0) is 6.61 Å². The van der Waals surface area contributed by atoms with Crippen LogP contribution in [0.2, 0.25) is 15.1 Å². The van der Waals surface area contributed by atoms with E-state index in [0.29, 0.717) is 27.0 Å². The summed E-state index contributed by atoms with van der Waals surface area (Å²) in [5.74, 6) is -0.242. The van der Waals surface area contributed by atoms with Crippen molar-refractivity contribution in [2.45, 2.75) is 6.61 Å². The fourth-order valence-corrected chi connectivity index (χ4v) is 2.98. The maximum Gasteiger partial charge on any atom is 0.187 e. The summed E-state index contributed by atoms with van der Waals surface area (Å²) in [6.45, 7) is -0.0438. The average Bonchev–Trinajstić information content (AvgIpc) is 2.70. The summed E-state index contributed by atoms with van der Waals surface area (Å²) in [5.41, 5.74) is 1.38. The largest absolute Gasteiger partial charge is 0.489 e. The highest BCUT2D eigenvalue weighted by Gasteiger charge is 2.09. The minimum atomic E-state index is -0.443. The van der Waals surface area contributed by atoms with Crippen molar-refractivity contribution in [3.05, 3.63) is 105 Å². The number of benzene rings is 3. The third-order valence-corrected chi connectivity index (χ3v) is 5.06. The zero-order valence-corrected chi connectivity index (χ0v) is 17.2. The van der Waals surface area contributed by atoms with Crippen molar-refractivity contribution in [2.75, 3.05) is 5.32 Å². The molecule has 3 aromatic carbocycles. The first kappa shape index (κ1) is 21.2. The van der Waals surface area contributed by atoms with Crippen molar-refractivity contribution in [1.29, 1.82) is 0 Å². The number of nitrogens with one attached hydrogen (secondary N) is 1. The molecule has 3 rings (SSSR count). The lowest BCUT2D eigenvalue weighted by Gasteiger charge is -2.09. The van der Waals surface area contributed by atoms with Crippen molar-refractivity contribution in [3.8, 4) is 5.75 Å². The number of rotatable bonds is 7. The predicted molar refractivity (Wildman–Crippen MR) is 116 cm³/mol. The molecule has 3 aromatic rings. The Hall–Kier alpha value is -2.53. The van der Waals surface area contributed by atoms with E-state index in [9.17, 15) is 9.18 Å². The molecule has 0 unspecified atom stereocenters. The van der Waals surface area contributed by atoms with Crippen molar-refractivity contribution in [3.63, 3.8) is 0 Å². The van der Waals surface area contributed by atoms with E-state index in [2.05, 4.69) is 5.32 Å². The van der Waals surface area contributed by atoms with Crippen LogP contribution in [0, 0.1) is 5.82 Å². The van der Waals surface area contributed by atoms with E-state index >= 15 is 0 Å². The third-order valence-electron chi connectivity index (χ3n) is 3.97. The molecule has 148 valence electrons. The van der Waals surface area contributed by atoms with Crippen LogP contribution in [0.15, 0.2) is 72.9 Å². The zero-order valence-electron chi connectivity index (χ0n) is 15.0. The Kier molecular flexibility index (Phi) is 7.15. The van der Waals surface area contributed by atoms with Gasteiger partial charge in [0.05, 0.1) is 15.1 Å². The highest BCUT2D eigenvalue weighted by molar-refractivity contribution is 6.42. The standard InChI is InChI=1S/C22H15Cl3FNO2/c23-18-5-2-6-21(26)17(18)13-29-16-4-1-3-14(11-16)22(28)9-10-27-15-7-8-19(24)20(25)12-15/h1-12,27H,13H2. The fourth-order valence-electron chi connectivity index (χ4n) is 2.46. The summed E-state index contributed by atoms with van der Waals surface area (Å²) < 4.78 is 19.4. The van der Waals surface area contributed by atoms with Crippen LogP contribution in [0.25, 0.3) is 0 Å². The van der Waals surface area contributed by atoms with Gasteiger partial charge >= 0.3 is 0 Å². The Morgan fingerprint density at radius 1 is 0.966 bits per heavy atom. The predicted octanol–water partition coefficient (Wildman–Crippen LogP) is 7.17. The molecular weight excluding hydrogens is 436 g/mol. The molecule has 29 heavy (non-hydrogen) atoms. The van der Waals surface area contributed by atoms with Gasteiger partial charge in [0.2, 0.25) is 0 Å². The molecule has 0 spiro atoms. The first-order valence-corrected chi connectivity index (χ1v) is 9.65. The van der Waals surface area contributed by atoms with E-state index in [-0.39, 0.29) is 23.0 Å². The van der Waals surface area contributed by atoms with Gasteiger partial charge in [0, 0.05) is 29.1 Å². The number of allylic oxidation sites excluding steroid dienone is 1. The molecule has 0 aromatic heterocycles. The number of anilines is 1. The van der Waals surface area contributed by atoms with Crippen LogP contribution in [-0.4, -0.2) is 5.78 Å². The molecule has 0 fully saturated rings. The van der Waals surface area contributed by atoms with Gasteiger partial charge in [-0.2, -0.15) is 0 Å². The molecule has 0 amide bonds. The SMILES string of the molecule is O=C(C=CNc1ccc(Cl)c(Cl)c1)c1cccc(OCc2c(F)cccc2Cl)c1. The van der Waals surface area contributed by atoms with Crippen LogP contribution in [0.5, 0.6) is 5.75 Å². The van der Waals surface area contributed by atoms with E-state index in [4.69, 9.17) is 39.5 Å². The Morgan fingerprint density at radius 2 is 1.76 bits per heavy atom. The highest BCUT2D eigenvalue weighted by Crippen LogP contribution is 2.25. The lowest BCUT2D eigenvalue weighted by atomic mass is 10.1. The summed E-state index contributed by atoms with van der Waals surface area (Å²) >= 11 is 17.8. The molecule has 0 bridgehead atoms. The van der Waals surface area contributed by atoms with Gasteiger partial charge in [0.15, 0.2) is 5.78 Å². The smallest absolute Gasteiger partial charge is 0.187 e. The Labute approximate surface area is 182 Å². The zero-order chi connectivity index (χ0) is 20.8. The molecule has 0 saturated heterocycles. The summed E-state index contributed by atoms with van der Waals surface area (Å²) in [6, 6.07) is 16.1. The minimum Gasteiger partial charge on any atom is -0.489 e. The van der Waals surface area contributed by atoms with Gasteiger partial charge in [0.1, 0.15) is 18.2 Å². The number of carbonyl (C=O) groups is 1. The van der Waals surface area contributed by atoms with Crippen molar-refractivity contribution < 1.29 is 13.9 Å². The first-order valence-electron chi connectivity index (χ1n) is 8.52. The summed E-state index contributed by atoms with van der Waals surface area (Å²) in [5, 5.41) is 4.10. The molecule has 0 atom stereocenters. The summed E-state index contributed by atoms with van der Waals surface area (Å²) in [6.07, 6.45) is 2.89. The van der Waals surface area contributed by atoms with Gasteiger partial charge < -0.3 is 10.1 Å². The Morgan fingerprint density at radius 3 is 2.52 bits per heavy atom. The monoisotopic (exact) mass is 449 g/mol. The van der Waals surface area contributed by atoms with Crippen LogP contribution < -0.4 is 10.1 Å². The number of carbonyl (C=O) groups excluding carboxylic acids is 1. The molecular formula is C22H15Cl3FNO2. The second kappa shape index (κ2) is 9.79. The third kappa shape index (κ3) is 5.73. The number of hydrogen-bond donors (Lipinski definition) is 1. The normalized spacial score (nSPS) is 10.9. The number of ether oxygens (including phenoxy) is 1. The van der Waals surface area contributed by atoms with Gasteiger partial charge in [-0.05, 0) is 42.5 Å². The van der Waals surface area contributed by atoms with Crippen LogP contribution in [0.1, 0.15) is 15.9 Å². The quantitative estimate of drug-likeness (QED) is 0.306. The van der Waals surface area contributed by atoms with Gasteiger partial charge in [-0.1, -0.05) is 53.0 Å². The second-order valence-corrected chi connectivity index (χ2v) is 7.21. The van der Waals surface area contributed by atoms with E-state index in [1.165, 1.54) is 24.4 Å². The van der Waals surface area contributed by atoms with Gasteiger partial charge in [-0.25, -0.2) is 4.39 Å². The fraction of sp³-hybridized carbons (Fsp3) is 0.0455. The van der Waals surface area contributed by atoms with E-state index < -0.39 is 5.82 Å². The first-order chi connectivity index (χ1) is 13.9. The molecule has 1 N–H and O–H groups in total. The maximum absolute atomic E-state index is 13.8. The highest BCUT2D eigenvalue weighted by atomic mass is 35.5. The lowest BCUT2D eigenvalue weighted by Crippen LogP contribution is -2.01. The Balaban J connectivity index is 1.63. The molecule has 0 heterocycles. The minimum absolute atomic E-state index is 0.0438. The number of halogens is 4. The maximum atomic E-state index is 13.8. The van der Waals surface area contributed by atoms with Crippen molar-refractivity contribution >= 4 is 46.3 Å². The molecule has 0 saturated carbocycles. The van der Waals surface area contributed by atoms with Crippen molar-refractivity contribution in [2.24, 2.45) is 0 Å². The summed E-state index contributed by atoms with van der Waals surface area (Å²) in [4.78, 5) is 12.4. The molecule has 0 aliphatic carbocycles. The molecule has 0 aliphatic rings. The molecule has 0 radical (unpaired) electrons. The van der Waals surface area contributed by atoms with E-state index in [1.807, 2.05) is 0 Å². The van der Waals surface area contributed by atoms with Gasteiger partial charge in [-0.15, -0.1) is 0 Å². The van der Waals surface area contributed by atoms with Gasteiger partial charge in [0.25, 0.3) is 0 Å².